The Balaban J connectivity index is 0. The molecule has 0 aliphatic heterocycles. The fourth-order valence-corrected chi connectivity index (χ4v) is 0.568. The maximum absolute atomic E-state index is 9.83. The summed E-state index contributed by atoms with van der Waals surface area (Å²) in [7, 11) is 1.74. The molecule has 9 heavy (non-hydrogen) atoms. The highest BCUT2D eigenvalue weighted by molar-refractivity contribution is 7.79. The molecular formula is C5H15NO2S. The van der Waals surface area contributed by atoms with E-state index in [1.807, 2.05) is 13.8 Å². The Morgan fingerprint density at radius 2 is 2.00 bits per heavy atom. The van der Waals surface area contributed by atoms with Gasteiger partial charge in [-0.2, -0.15) is 0 Å². The Kier molecular flexibility index (Phi) is 14.4. The summed E-state index contributed by atoms with van der Waals surface area (Å²) in [6.07, 6.45) is 0. The van der Waals surface area contributed by atoms with Crippen molar-refractivity contribution in [3.8, 4) is 0 Å². The molecule has 2 N–H and O–H groups in total. The minimum atomic E-state index is -1.63. The number of nitrogens with one attached hydrogen (secondary N) is 1. The van der Waals surface area contributed by atoms with Gasteiger partial charge in [0.15, 0.2) is 11.1 Å². The van der Waals surface area contributed by atoms with Crippen LogP contribution in [0.1, 0.15) is 13.8 Å². The quantitative estimate of drug-likeness (QED) is 0.579. The zero-order chi connectivity index (χ0) is 7.70. The van der Waals surface area contributed by atoms with Crippen LogP contribution in [0, 0.1) is 0 Å². The first-order valence-corrected chi connectivity index (χ1v) is 4.27. The van der Waals surface area contributed by atoms with Crippen molar-refractivity contribution in [1.29, 1.82) is 0 Å². The van der Waals surface area contributed by atoms with Crippen molar-refractivity contribution in [2.75, 3.05) is 19.3 Å². The first-order chi connectivity index (χ1) is 4.27. The van der Waals surface area contributed by atoms with Crippen LogP contribution in [0.25, 0.3) is 0 Å². The van der Waals surface area contributed by atoms with Crippen LogP contribution in [0.5, 0.6) is 0 Å². The van der Waals surface area contributed by atoms with Crippen molar-refractivity contribution in [3.05, 3.63) is 0 Å². The summed E-state index contributed by atoms with van der Waals surface area (Å²) in [5, 5.41) is 2.75. The van der Waals surface area contributed by atoms with Gasteiger partial charge in [-0.25, -0.2) is 4.21 Å². The fraction of sp³-hybridized carbons (Fsp3) is 1.00. The molecule has 0 rings (SSSR count). The van der Waals surface area contributed by atoms with E-state index in [1.54, 1.807) is 7.05 Å². The van der Waals surface area contributed by atoms with Crippen LogP contribution in [0.4, 0.5) is 0 Å². The van der Waals surface area contributed by atoms with Crippen molar-refractivity contribution in [3.63, 3.8) is 0 Å². The Hall–Kier alpha value is 0.0700. The third-order valence-corrected chi connectivity index (χ3v) is 1.08. The zero-order valence-corrected chi connectivity index (χ0v) is 6.99. The summed E-state index contributed by atoms with van der Waals surface area (Å²) < 4.78 is 17.9. The van der Waals surface area contributed by atoms with Gasteiger partial charge in [-0.05, 0) is 7.05 Å². The van der Waals surface area contributed by atoms with Gasteiger partial charge in [0.1, 0.15) is 0 Å². The van der Waals surface area contributed by atoms with Crippen molar-refractivity contribution < 1.29 is 8.76 Å². The second kappa shape index (κ2) is 10.9. The lowest BCUT2D eigenvalue weighted by atomic mass is 10.8. The fourth-order valence-electron chi connectivity index (χ4n) is 0.189. The van der Waals surface area contributed by atoms with Gasteiger partial charge in [0, 0.05) is 6.54 Å². The van der Waals surface area contributed by atoms with Crippen LogP contribution < -0.4 is 5.32 Å². The van der Waals surface area contributed by atoms with Gasteiger partial charge in [-0.15, -0.1) is 0 Å². The molecule has 4 heteroatoms. The third kappa shape index (κ3) is 17.9. The predicted molar refractivity (Wildman–Crippen MR) is 40.9 cm³/mol. The lowest BCUT2D eigenvalue weighted by molar-refractivity contribution is 0.562. The summed E-state index contributed by atoms with van der Waals surface area (Å²) in [4.78, 5) is 0. The van der Waals surface area contributed by atoms with Crippen molar-refractivity contribution in [2.24, 2.45) is 0 Å². The van der Waals surface area contributed by atoms with Gasteiger partial charge in [0.2, 0.25) is 0 Å². The highest BCUT2D eigenvalue weighted by Crippen LogP contribution is 1.67. The molecule has 0 aliphatic rings. The van der Waals surface area contributed by atoms with Gasteiger partial charge in [0.05, 0.1) is 5.75 Å². The van der Waals surface area contributed by atoms with Gasteiger partial charge in [-0.3, -0.25) is 0 Å². The average molecular weight is 153 g/mol. The van der Waals surface area contributed by atoms with Crippen LogP contribution in [-0.4, -0.2) is 28.1 Å². The molecule has 0 amide bonds. The largest absolute Gasteiger partial charge is 0.319 e. The van der Waals surface area contributed by atoms with Gasteiger partial charge in [0.25, 0.3) is 0 Å². The lowest BCUT2D eigenvalue weighted by Gasteiger charge is -1.89. The molecule has 0 aromatic rings. The standard InChI is InChI=1S/C3H9NO2S.C2H6/c1-4-2-3-7(5)6;1-2/h4H,2-3H2,1H3,(H,5,6);1-2H3. The molecule has 0 spiro atoms. The van der Waals surface area contributed by atoms with E-state index in [0.717, 1.165) is 0 Å². The minimum absolute atomic E-state index is 0.316. The summed E-state index contributed by atoms with van der Waals surface area (Å²) in [5.41, 5.74) is 0. The first-order valence-electron chi connectivity index (χ1n) is 2.99. The number of hydrogen-bond donors (Lipinski definition) is 2. The lowest BCUT2D eigenvalue weighted by Crippen LogP contribution is -2.14. The molecule has 0 fully saturated rings. The monoisotopic (exact) mass is 153 g/mol. The van der Waals surface area contributed by atoms with E-state index in [-0.39, 0.29) is 0 Å². The van der Waals surface area contributed by atoms with Crippen LogP contribution in [0.3, 0.4) is 0 Å². The Morgan fingerprint density at radius 1 is 1.56 bits per heavy atom. The molecule has 58 valence electrons. The van der Waals surface area contributed by atoms with Gasteiger partial charge in [-0.1, -0.05) is 13.8 Å². The maximum Gasteiger partial charge on any atom is 0.154 e. The molecule has 0 aromatic heterocycles. The second-order valence-electron chi connectivity index (χ2n) is 1.13. The maximum atomic E-state index is 9.83. The SMILES string of the molecule is CC.CNCCS(=O)O. The second-order valence-corrected chi connectivity index (χ2v) is 2.18. The molecule has 0 heterocycles. The van der Waals surface area contributed by atoms with Crippen LogP contribution in [0.15, 0.2) is 0 Å². The molecule has 0 aromatic carbocycles. The van der Waals surface area contributed by atoms with E-state index in [4.69, 9.17) is 4.55 Å². The normalized spacial score (nSPS) is 11.6. The third-order valence-electron chi connectivity index (χ3n) is 0.527. The number of rotatable bonds is 3. The summed E-state index contributed by atoms with van der Waals surface area (Å²) >= 11 is -1.63. The zero-order valence-electron chi connectivity index (χ0n) is 6.18. The number of hydrogen-bond acceptors (Lipinski definition) is 2. The van der Waals surface area contributed by atoms with E-state index in [0.29, 0.717) is 12.3 Å². The molecule has 1 unspecified atom stereocenters. The molecule has 0 saturated carbocycles. The van der Waals surface area contributed by atoms with E-state index >= 15 is 0 Å². The summed E-state index contributed by atoms with van der Waals surface area (Å²) in [6, 6.07) is 0. The molecule has 0 radical (unpaired) electrons. The Labute approximate surface area is 59.1 Å². The smallest absolute Gasteiger partial charge is 0.154 e. The van der Waals surface area contributed by atoms with Crippen molar-refractivity contribution >= 4 is 11.1 Å². The molecular weight excluding hydrogens is 138 g/mol. The Bertz CT molecular complexity index is 68.0. The van der Waals surface area contributed by atoms with Crippen molar-refractivity contribution in [2.45, 2.75) is 13.8 Å². The molecule has 3 nitrogen and oxygen atoms in total. The predicted octanol–water partition coefficient (Wildman–Crippen LogP) is 0.454. The van der Waals surface area contributed by atoms with Crippen LogP contribution >= 0.6 is 0 Å². The average Bonchev–Trinajstić information content (AvgIpc) is 1.88. The highest BCUT2D eigenvalue weighted by Gasteiger charge is 1.86. The van der Waals surface area contributed by atoms with Crippen molar-refractivity contribution in [1.82, 2.24) is 5.32 Å². The van der Waals surface area contributed by atoms with E-state index in [9.17, 15) is 4.21 Å². The van der Waals surface area contributed by atoms with E-state index in [1.165, 1.54) is 0 Å². The molecule has 0 aliphatic carbocycles. The van der Waals surface area contributed by atoms with Crippen LogP contribution in [-0.2, 0) is 11.1 Å². The highest BCUT2D eigenvalue weighted by atomic mass is 32.2. The molecule has 1 atom stereocenters. The minimum Gasteiger partial charge on any atom is -0.319 e. The molecule has 0 bridgehead atoms. The van der Waals surface area contributed by atoms with E-state index < -0.39 is 11.1 Å². The van der Waals surface area contributed by atoms with Crippen LogP contribution in [0.2, 0.25) is 0 Å². The summed E-state index contributed by atoms with van der Waals surface area (Å²) in [6.45, 7) is 4.60. The topological polar surface area (TPSA) is 49.3 Å². The Morgan fingerprint density at radius 3 is 2.11 bits per heavy atom. The first kappa shape index (κ1) is 11.8. The van der Waals surface area contributed by atoms with E-state index in [2.05, 4.69) is 5.32 Å². The van der Waals surface area contributed by atoms with Gasteiger partial charge < -0.3 is 9.87 Å². The molecule has 0 saturated heterocycles. The summed E-state index contributed by atoms with van der Waals surface area (Å²) in [5.74, 6) is 0.316. The van der Waals surface area contributed by atoms with Gasteiger partial charge >= 0.3 is 0 Å².